The molecular weight excluding hydrogens is 279 g/mol. The molecule has 1 atom stereocenters. The summed E-state index contributed by atoms with van der Waals surface area (Å²) >= 11 is 0. The zero-order valence-electron chi connectivity index (χ0n) is 12.5. The predicted molar refractivity (Wildman–Crippen MR) is 84.8 cm³/mol. The van der Waals surface area contributed by atoms with Crippen molar-refractivity contribution in [2.75, 3.05) is 0 Å². The summed E-state index contributed by atoms with van der Waals surface area (Å²) in [5, 5.41) is 0. The molecule has 0 spiro atoms. The van der Waals surface area contributed by atoms with Crippen molar-refractivity contribution in [1.82, 2.24) is 0 Å². The number of carbonyl (C=O) groups is 2. The van der Waals surface area contributed by atoms with Crippen LogP contribution in [0.25, 0.3) is 0 Å². The van der Waals surface area contributed by atoms with Gasteiger partial charge in [-0.1, -0.05) is 74.0 Å². The molecule has 1 unspecified atom stereocenters. The van der Waals surface area contributed by atoms with E-state index in [1.807, 2.05) is 6.92 Å². The van der Waals surface area contributed by atoms with Gasteiger partial charge in [0.2, 0.25) is 0 Å². The van der Waals surface area contributed by atoms with Crippen LogP contribution in [0.3, 0.4) is 0 Å². The van der Waals surface area contributed by atoms with Gasteiger partial charge in [0.25, 0.3) is 0 Å². The largest absolute Gasteiger partial charge is 0.293 e. The second-order valence-electron chi connectivity index (χ2n) is 5.24. The molecule has 22 heavy (non-hydrogen) atoms. The lowest BCUT2D eigenvalue weighted by Gasteiger charge is -2.19. The van der Waals surface area contributed by atoms with Gasteiger partial charge in [0.05, 0.1) is 0 Å². The summed E-state index contributed by atoms with van der Waals surface area (Å²) < 4.78 is 14.5. The first-order valence-electron chi connectivity index (χ1n) is 7.47. The summed E-state index contributed by atoms with van der Waals surface area (Å²) in [5.41, 5.74) is 0.742. The molecule has 0 saturated carbocycles. The van der Waals surface area contributed by atoms with Crippen molar-refractivity contribution in [2.45, 2.75) is 25.9 Å². The van der Waals surface area contributed by atoms with E-state index in [4.69, 9.17) is 0 Å². The van der Waals surface area contributed by atoms with Crippen molar-refractivity contribution in [2.24, 2.45) is 5.92 Å². The molecular formula is C19H19FO2. The van der Waals surface area contributed by atoms with E-state index in [9.17, 15) is 14.0 Å². The van der Waals surface area contributed by atoms with Crippen LogP contribution in [-0.2, 0) is 0 Å². The molecule has 0 aliphatic rings. The summed E-state index contributed by atoms with van der Waals surface area (Å²) in [4.78, 5) is 25.2. The minimum atomic E-state index is -1.47. The van der Waals surface area contributed by atoms with Crippen LogP contribution in [0, 0.1) is 5.92 Å². The van der Waals surface area contributed by atoms with E-state index in [2.05, 4.69) is 0 Å². The zero-order chi connectivity index (χ0) is 15.9. The van der Waals surface area contributed by atoms with Crippen LogP contribution in [0.15, 0.2) is 60.7 Å². The number of halogens is 1. The van der Waals surface area contributed by atoms with E-state index in [0.29, 0.717) is 17.5 Å². The first-order valence-corrected chi connectivity index (χ1v) is 7.47. The fraction of sp³-hybridized carbons (Fsp3) is 0.263. The van der Waals surface area contributed by atoms with Crippen LogP contribution in [0.2, 0.25) is 0 Å². The predicted octanol–water partition coefficient (Wildman–Crippen LogP) is 4.51. The van der Waals surface area contributed by atoms with Crippen molar-refractivity contribution in [1.29, 1.82) is 0 Å². The molecule has 3 heteroatoms. The molecule has 0 aliphatic carbocycles. The average Bonchev–Trinajstić information content (AvgIpc) is 2.56. The van der Waals surface area contributed by atoms with Gasteiger partial charge in [-0.2, -0.15) is 0 Å². The van der Waals surface area contributed by atoms with Gasteiger partial charge in [-0.25, -0.2) is 4.39 Å². The van der Waals surface area contributed by atoms with Crippen molar-refractivity contribution in [3.05, 3.63) is 71.8 Å². The molecule has 0 fully saturated rings. The van der Waals surface area contributed by atoms with E-state index in [1.54, 1.807) is 60.7 Å². The number of Topliss-reactive ketones (excluding diaryl/α,β-unsaturated/α-hetero) is 2. The number of alkyl halides is 1. The maximum absolute atomic E-state index is 14.5. The van der Waals surface area contributed by atoms with Gasteiger partial charge in [-0.05, 0) is 6.42 Å². The molecule has 2 aromatic rings. The minimum Gasteiger partial charge on any atom is -0.293 e. The average molecular weight is 298 g/mol. The number of hydrogen-bond donors (Lipinski definition) is 0. The van der Waals surface area contributed by atoms with E-state index in [1.165, 1.54) is 0 Å². The maximum Gasteiger partial charge on any atom is 0.176 e. The van der Waals surface area contributed by atoms with Crippen molar-refractivity contribution in [3.63, 3.8) is 0 Å². The lowest BCUT2D eigenvalue weighted by atomic mass is 9.85. The summed E-state index contributed by atoms with van der Waals surface area (Å²) in [6.07, 6.45) is -0.686. The highest BCUT2D eigenvalue weighted by Crippen LogP contribution is 2.23. The van der Waals surface area contributed by atoms with Crippen molar-refractivity contribution in [3.8, 4) is 0 Å². The number of hydrogen-bond acceptors (Lipinski definition) is 2. The van der Waals surface area contributed by atoms with Gasteiger partial charge >= 0.3 is 0 Å². The Morgan fingerprint density at radius 2 is 1.27 bits per heavy atom. The Kier molecular flexibility index (Phi) is 5.59. The zero-order valence-corrected chi connectivity index (χ0v) is 12.5. The summed E-state index contributed by atoms with van der Waals surface area (Å²) in [6.45, 7) is 1.84. The Balaban J connectivity index is 2.35. The third-order valence-electron chi connectivity index (χ3n) is 3.61. The third-order valence-corrected chi connectivity index (χ3v) is 3.61. The van der Waals surface area contributed by atoms with E-state index >= 15 is 0 Å². The Morgan fingerprint density at radius 3 is 1.64 bits per heavy atom. The summed E-state index contributed by atoms with van der Waals surface area (Å²) in [5.74, 6) is -2.17. The van der Waals surface area contributed by atoms with Gasteiger partial charge in [0.15, 0.2) is 11.6 Å². The van der Waals surface area contributed by atoms with Crippen molar-refractivity contribution < 1.29 is 14.0 Å². The number of carbonyl (C=O) groups excluding carboxylic acids is 2. The Bertz CT molecular complexity index is 571. The topological polar surface area (TPSA) is 34.1 Å². The molecule has 0 N–H and O–H groups in total. The quantitative estimate of drug-likeness (QED) is 0.557. The van der Waals surface area contributed by atoms with Gasteiger partial charge < -0.3 is 0 Å². The van der Waals surface area contributed by atoms with E-state index < -0.39 is 23.7 Å². The fourth-order valence-corrected chi connectivity index (χ4v) is 2.45. The first kappa shape index (κ1) is 16.1. The summed E-state index contributed by atoms with van der Waals surface area (Å²) in [6, 6.07) is 16.9. The highest BCUT2D eigenvalue weighted by atomic mass is 19.1. The van der Waals surface area contributed by atoms with Crippen LogP contribution in [0.5, 0.6) is 0 Å². The molecule has 2 rings (SSSR count). The molecule has 2 aromatic carbocycles. The lowest BCUT2D eigenvalue weighted by Crippen LogP contribution is -2.33. The minimum absolute atomic E-state index is 0.196. The Hall–Kier alpha value is -2.29. The number of ketones is 2. The van der Waals surface area contributed by atoms with Crippen LogP contribution < -0.4 is 0 Å². The molecule has 0 amide bonds. The molecule has 114 valence electrons. The molecule has 0 heterocycles. The molecule has 0 saturated heterocycles. The normalized spacial score (nSPS) is 12.1. The molecule has 0 aromatic heterocycles. The first-order chi connectivity index (χ1) is 10.6. The van der Waals surface area contributed by atoms with Crippen LogP contribution >= 0.6 is 0 Å². The van der Waals surface area contributed by atoms with Gasteiger partial charge in [0, 0.05) is 11.1 Å². The van der Waals surface area contributed by atoms with Gasteiger partial charge in [0.1, 0.15) is 12.1 Å². The SMILES string of the molecule is CCCC(F)C(C(=O)c1ccccc1)C(=O)c1ccccc1. The highest BCUT2D eigenvalue weighted by molar-refractivity contribution is 6.16. The van der Waals surface area contributed by atoms with E-state index in [0.717, 1.165) is 0 Å². The van der Waals surface area contributed by atoms with Gasteiger partial charge in [-0.15, -0.1) is 0 Å². The van der Waals surface area contributed by atoms with Crippen LogP contribution in [0.4, 0.5) is 4.39 Å². The smallest absolute Gasteiger partial charge is 0.176 e. The monoisotopic (exact) mass is 298 g/mol. The Labute approximate surface area is 130 Å². The van der Waals surface area contributed by atoms with E-state index in [-0.39, 0.29) is 6.42 Å². The second kappa shape index (κ2) is 7.64. The number of rotatable bonds is 7. The fourth-order valence-electron chi connectivity index (χ4n) is 2.45. The number of benzene rings is 2. The maximum atomic E-state index is 14.5. The Morgan fingerprint density at radius 1 is 0.864 bits per heavy atom. The van der Waals surface area contributed by atoms with Gasteiger partial charge in [-0.3, -0.25) is 9.59 Å². The molecule has 0 aliphatic heterocycles. The second-order valence-corrected chi connectivity index (χ2v) is 5.24. The van der Waals surface area contributed by atoms with Crippen LogP contribution in [0.1, 0.15) is 40.5 Å². The molecule has 2 nitrogen and oxygen atoms in total. The molecule has 0 radical (unpaired) electrons. The summed E-state index contributed by atoms with van der Waals surface area (Å²) in [7, 11) is 0. The van der Waals surface area contributed by atoms with Crippen molar-refractivity contribution >= 4 is 11.6 Å². The molecule has 0 bridgehead atoms. The lowest BCUT2D eigenvalue weighted by molar-refractivity contribution is 0.0708. The van der Waals surface area contributed by atoms with Crippen LogP contribution in [-0.4, -0.2) is 17.7 Å². The highest BCUT2D eigenvalue weighted by Gasteiger charge is 2.35. The standard InChI is InChI=1S/C19H19FO2/c1-2-9-16(20)17(18(21)14-10-5-3-6-11-14)19(22)15-12-7-4-8-13-15/h3-8,10-13,16-17H,2,9H2,1H3. The third kappa shape index (κ3) is 3.67.